The SMILES string of the molecule is CC(C)C(C)CNc1cccc(F)c1C(N)=S. The van der Waals surface area contributed by atoms with Crippen molar-refractivity contribution in [3.63, 3.8) is 0 Å². The van der Waals surface area contributed by atoms with Crippen molar-refractivity contribution in [2.75, 3.05) is 11.9 Å². The number of hydrogen-bond acceptors (Lipinski definition) is 2. The molecule has 0 saturated heterocycles. The molecule has 0 spiro atoms. The highest BCUT2D eigenvalue weighted by Crippen LogP contribution is 2.20. The van der Waals surface area contributed by atoms with Crippen molar-refractivity contribution < 1.29 is 4.39 Å². The lowest BCUT2D eigenvalue weighted by Crippen LogP contribution is -2.20. The highest BCUT2D eigenvalue weighted by atomic mass is 32.1. The molecular formula is C13H19FN2S. The molecule has 1 unspecified atom stereocenters. The summed E-state index contributed by atoms with van der Waals surface area (Å²) in [5.74, 6) is 0.696. The number of anilines is 1. The van der Waals surface area contributed by atoms with Crippen LogP contribution in [0.4, 0.5) is 10.1 Å². The second-order valence-electron chi connectivity index (χ2n) is 4.63. The number of halogens is 1. The molecule has 0 fully saturated rings. The first-order valence-electron chi connectivity index (χ1n) is 5.75. The van der Waals surface area contributed by atoms with Crippen LogP contribution in [0.15, 0.2) is 18.2 Å². The van der Waals surface area contributed by atoms with E-state index in [0.717, 1.165) is 6.54 Å². The first-order chi connectivity index (χ1) is 7.93. The number of thiocarbonyl (C=S) groups is 1. The van der Waals surface area contributed by atoms with E-state index >= 15 is 0 Å². The summed E-state index contributed by atoms with van der Waals surface area (Å²) in [6.07, 6.45) is 0. The van der Waals surface area contributed by atoms with Gasteiger partial charge >= 0.3 is 0 Å². The fraction of sp³-hybridized carbons (Fsp3) is 0.462. The minimum Gasteiger partial charge on any atom is -0.389 e. The Balaban J connectivity index is 2.84. The third-order valence-electron chi connectivity index (χ3n) is 3.01. The minimum absolute atomic E-state index is 0.0859. The molecule has 0 heterocycles. The molecule has 0 saturated carbocycles. The smallest absolute Gasteiger partial charge is 0.135 e. The first-order valence-corrected chi connectivity index (χ1v) is 6.16. The number of nitrogens with two attached hydrogens (primary N) is 1. The molecule has 1 rings (SSSR count). The molecule has 2 nitrogen and oxygen atoms in total. The molecular weight excluding hydrogens is 235 g/mol. The highest BCUT2D eigenvalue weighted by molar-refractivity contribution is 7.80. The number of benzene rings is 1. The second kappa shape index (κ2) is 5.96. The monoisotopic (exact) mass is 254 g/mol. The Labute approximate surface area is 107 Å². The summed E-state index contributed by atoms with van der Waals surface area (Å²) >= 11 is 4.87. The largest absolute Gasteiger partial charge is 0.389 e. The van der Waals surface area contributed by atoms with Crippen molar-refractivity contribution in [2.24, 2.45) is 17.6 Å². The first kappa shape index (κ1) is 13.9. The molecule has 0 radical (unpaired) electrons. The predicted molar refractivity (Wildman–Crippen MR) is 74.8 cm³/mol. The van der Waals surface area contributed by atoms with Gasteiger partial charge in [0.25, 0.3) is 0 Å². The maximum atomic E-state index is 13.6. The quantitative estimate of drug-likeness (QED) is 0.793. The van der Waals surface area contributed by atoms with Crippen molar-refractivity contribution in [2.45, 2.75) is 20.8 Å². The Morgan fingerprint density at radius 2 is 2.06 bits per heavy atom. The molecule has 17 heavy (non-hydrogen) atoms. The van der Waals surface area contributed by atoms with Crippen LogP contribution in [0.1, 0.15) is 26.3 Å². The minimum atomic E-state index is -0.375. The fourth-order valence-corrected chi connectivity index (χ4v) is 1.64. The second-order valence-corrected chi connectivity index (χ2v) is 5.07. The molecule has 3 N–H and O–H groups in total. The van der Waals surface area contributed by atoms with E-state index in [0.29, 0.717) is 23.1 Å². The van der Waals surface area contributed by atoms with E-state index in [1.807, 2.05) is 0 Å². The van der Waals surface area contributed by atoms with E-state index in [2.05, 4.69) is 26.1 Å². The predicted octanol–water partition coefficient (Wildman–Crippen LogP) is 3.16. The normalized spacial score (nSPS) is 12.5. The van der Waals surface area contributed by atoms with Gasteiger partial charge in [-0.1, -0.05) is 39.1 Å². The van der Waals surface area contributed by atoms with Crippen LogP contribution in [0.3, 0.4) is 0 Å². The lowest BCUT2D eigenvalue weighted by molar-refractivity contribution is 0.439. The Hall–Kier alpha value is -1.16. The molecule has 1 aromatic rings. The third kappa shape index (κ3) is 3.66. The average molecular weight is 254 g/mol. The van der Waals surface area contributed by atoms with E-state index in [9.17, 15) is 4.39 Å². The number of rotatable bonds is 5. The Morgan fingerprint density at radius 3 is 2.59 bits per heavy atom. The van der Waals surface area contributed by atoms with Gasteiger partial charge in [0.05, 0.1) is 5.56 Å². The van der Waals surface area contributed by atoms with Crippen LogP contribution in [-0.2, 0) is 0 Å². The van der Waals surface area contributed by atoms with Crippen molar-refractivity contribution in [3.8, 4) is 0 Å². The summed E-state index contributed by atoms with van der Waals surface area (Å²) < 4.78 is 13.6. The van der Waals surface area contributed by atoms with Gasteiger partial charge in [0.1, 0.15) is 10.8 Å². The van der Waals surface area contributed by atoms with Crippen LogP contribution in [0, 0.1) is 17.7 Å². The summed E-state index contributed by atoms with van der Waals surface area (Å²) in [5.41, 5.74) is 6.51. The zero-order valence-electron chi connectivity index (χ0n) is 10.5. The van der Waals surface area contributed by atoms with E-state index in [1.165, 1.54) is 6.07 Å². The van der Waals surface area contributed by atoms with Gasteiger partial charge in [-0.3, -0.25) is 0 Å². The third-order valence-corrected chi connectivity index (χ3v) is 3.22. The van der Waals surface area contributed by atoms with E-state index < -0.39 is 0 Å². The standard InChI is InChI=1S/C13H19FN2S/c1-8(2)9(3)7-16-11-6-4-5-10(14)12(11)13(15)17/h4-6,8-9,16H,7H2,1-3H3,(H2,15,17). The number of nitrogens with one attached hydrogen (secondary N) is 1. The molecule has 0 amide bonds. The zero-order chi connectivity index (χ0) is 13.0. The molecule has 0 aliphatic carbocycles. The maximum Gasteiger partial charge on any atom is 0.135 e. The van der Waals surface area contributed by atoms with Crippen molar-refractivity contribution in [3.05, 3.63) is 29.6 Å². The van der Waals surface area contributed by atoms with Crippen LogP contribution in [0.25, 0.3) is 0 Å². The van der Waals surface area contributed by atoms with Gasteiger partial charge in [-0.25, -0.2) is 4.39 Å². The summed E-state index contributed by atoms with van der Waals surface area (Å²) in [7, 11) is 0. The lowest BCUT2D eigenvalue weighted by Gasteiger charge is -2.18. The van der Waals surface area contributed by atoms with Gasteiger partial charge in [0.2, 0.25) is 0 Å². The van der Waals surface area contributed by atoms with Gasteiger partial charge in [-0.15, -0.1) is 0 Å². The van der Waals surface area contributed by atoms with E-state index in [1.54, 1.807) is 12.1 Å². The molecule has 1 aromatic carbocycles. The van der Waals surface area contributed by atoms with Crippen LogP contribution in [0.5, 0.6) is 0 Å². The van der Waals surface area contributed by atoms with Crippen LogP contribution in [0.2, 0.25) is 0 Å². The molecule has 0 bridgehead atoms. The average Bonchev–Trinajstić information content (AvgIpc) is 2.24. The molecule has 0 aliphatic rings. The zero-order valence-corrected chi connectivity index (χ0v) is 11.3. The van der Waals surface area contributed by atoms with Gasteiger partial charge in [0, 0.05) is 12.2 Å². The molecule has 0 aromatic heterocycles. The van der Waals surface area contributed by atoms with Crippen molar-refractivity contribution >= 4 is 22.9 Å². The van der Waals surface area contributed by atoms with E-state index in [-0.39, 0.29) is 10.8 Å². The molecule has 94 valence electrons. The topological polar surface area (TPSA) is 38.0 Å². The maximum absolute atomic E-state index is 13.6. The van der Waals surface area contributed by atoms with Crippen LogP contribution in [-0.4, -0.2) is 11.5 Å². The van der Waals surface area contributed by atoms with Gasteiger partial charge < -0.3 is 11.1 Å². The Kier molecular flexibility index (Phi) is 4.87. The lowest BCUT2D eigenvalue weighted by atomic mass is 9.98. The van der Waals surface area contributed by atoms with Crippen LogP contribution >= 0.6 is 12.2 Å². The Bertz CT molecular complexity index is 404. The molecule has 0 aliphatic heterocycles. The summed E-state index contributed by atoms with van der Waals surface area (Å²) in [4.78, 5) is 0.0859. The van der Waals surface area contributed by atoms with Gasteiger partial charge in [0.15, 0.2) is 0 Å². The number of hydrogen-bond donors (Lipinski definition) is 2. The molecule has 4 heteroatoms. The van der Waals surface area contributed by atoms with Gasteiger partial charge in [-0.05, 0) is 24.0 Å². The van der Waals surface area contributed by atoms with Crippen LogP contribution < -0.4 is 11.1 Å². The Morgan fingerprint density at radius 1 is 1.41 bits per heavy atom. The fourth-order valence-electron chi connectivity index (χ4n) is 1.43. The van der Waals surface area contributed by atoms with Crippen molar-refractivity contribution in [1.29, 1.82) is 0 Å². The van der Waals surface area contributed by atoms with Crippen molar-refractivity contribution in [1.82, 2.24) is 0 Å². The van der Waals surface area contributed by atoms with Gasteiger partial charge in [-0.2, -0.15) is 0 Å². The van der Waals surface area contributed by atoms with E-state index in [4.69, 9.17) is 18.0 Å². The highest BCUT2D eigenvalue weighted by Gasteiger charge is 2.12. The summed E-state index contributed by atoms with van der Waals surface area (Å²) in [6, 6.07) is 4.82. The summed E-state index contributed by atoms with van der Waals surface area (Å²) in [6.45, 7) is 7.24. The summed E-state index contributed by atoms with van der Waals surface area (Å²) in [5, 5.41) is 3.21. The molecule has 1 atom stereocenters.